The Bertz CT molecular complexity index is 1240. The van der Waals surface area contributed by atoms with Gasteiger partial charge in [0.2, 0.25) is 10.0 Å². The second-order valence-electron chi connectivity index (χ2n) is 7.25. The number of rotatable bonds is 5. The monoisotopic (exact) mass is 466 g/mol. The number of methoxy groups -OCH3 is 2. The Morgan fingerprint density at radius 1 is 0.969 bits per heavy atom. The van der Waals surface area contributed by atoms with Gasteiger partial charge in [-0.25, -0.2) is 8.42 Å². The lowest BCUT2D eigenvalue weighted by Gasteiger charge is -2.37. The normalized spacial score (nSPS) is 17.1. The van der Waals surface area contributed by atoms with E-state index < -0.39 is 32.7 Å². The standard InChI is InChI=1S/C22H21F3N2O4S/c1-30-15-9-10-16(19(14-15)31-2)21-18-7-5-11-26(18)12-13-27(21)32(28,29)20-8-4-3-6-17(20)22(23,24)25/h3-11,14,21H,12-13H2,1-2H3. The first-order valence-electron chi connectivity index (χ1n) is 9.73. The van der Waals surface area contributed by atoms with Crippen LogP contribution in [0, 0.1) is 0 Å². The quantitative estimate of drug-likeness (QED) is 0.562. The van der Waals surface area contributed by atoms with Crippen LogP contribution >= 0.6 is 0 Å². The highest BCUT2D eigenvalue weighted by Crippen LogP contribution is 2.43. The van der Waals surface area contributed by atoms with Gasteiger partial charge in [0.05, 0.1) is 30.7 Å². The lowest BCUT2D eigenvalue weighted by atomic mass is 10.0. The van der Waals surface area contributed by atoms with Crippen molar-refractivity contribution in [2.75, 3.05) is 20.8 Å². The van der Waals surface area contributed by atoms with E-state index in [-0.39, 0.29) is 6.54 Å². The largest absolute Gasteiger partial charge is 0.497 e. The summed E-state index contributed by atoms with van der Waals surface area (Å²) >= 11 is 0. The summed E-state index contributed by atoms with van der Waals surface area (Å²) in [6, 6.07) is 11.8. The summed E-state index contributed by atoms with van der Waals surface area (Å²) in [6.45, 7) is 0.306. The highest BCUT2D eigenvalue weighted by Gasteiger charge is 2.43. The van der Waals surface area contributed by atoms with Crippen LogP contribution in [-0.4, -0.2) is 38.1 Å². The highest BCUT2D eigenvalue weighted by atomic mass is 32.2. The predicted octanol–water partition coefficient (Wildman–Crippen LogP) is 4.32. The van der Waals surface area contributed by atoms with Crippen LogP contribution in [0.3, 0.4) is 0 Å². The zero-order valence-electron chi connectivity index (χ0n) is 17.3. The number of halogens is 3. The van der Waals surface area contributed by atoms with Crippen molar-refractivity contribution >= 4 is 10.0 Å². The first kappa shape index (κ1) is 22.2. The third-order valence-corrected chi connectivity index (χ3v) is 7.43. The van der Waals surface area contributed by atoms with Crippen LogP contribution in [0.25, 0.3) is 0 Å². The molecule has 0 N–H and O–H groups in total. The van der Waals surface area contributed by atoms with Gasteiger partial charge in [0.15, 0.2) is 0 Å². The van der Waals surface area contributed by atoms with Gasteiger partial charge in [-0.3, -0.25) is 0 Å². The fraction of sp³-hybridized carbons (Fsp3) is 0.273. The van der Waals surface area contributed by atoms with Crippen LogP contribution in [0.4, 0.5) is 13.2 Å². The summed E-state index contributed by atoms with van der Waals surface area (Å²) in [5.41, 5.74) is -0.0600. The van der Waals surface area contributed by atoms with E-state index in [9.17, 15) is 21.6 Å². The molecule has 2 aromatic carbocycles. The number of sulfonamides is 1. The van der Waals surface area contributed by atoms with Crippen molar-refractivity contribution in [2.24, 2.45) is 0 Å². The van der Waals surface area contributed by atoms with Gasteiger partial charge in [-0.05, 0) is 36.4 Å². The average Bonchev–Trinajstić information content (AvgIpc) is 3.26. The Morgan fingerprint density at radius 2 is 1.72 bits per heavy atom. The Kier molecular flexibility index (Phi) is 5.68. The van der Waals surface area contributed by atoms with Crippen molar-refractivity contribution in [3.05, 3.63) is 77.6 Å². The molecule has 0 aliphatic carbocycles. The third-order valence-electron chi connectivity index (χ3n) is 5.51. The molecule has 1 aromatic heterocycles. The van der Waals surface area contributed by atoms with E-state index in [0.717, 1.165) is 16.4 Å². The lowest BCUT2D eigenvalue weighted by molar-refractivity contribution is -0.139. The second-order valence-corrected chi connectivity index (χ2v) is 9.11. The van der Waals surface area contributed by atoms with Gasteiger partial charge < -0.3 is 14.0 Å². The molecule has 0 fully saturated rings. The summed E-state index contributed by atoms with van der Waals surface area (Å²) in [5.74, 6) is 0.877. The van der Waals surface area contributed by atoms with Crippen LogP contribution in [0.5, 0.6) is 11.5 Å². The number of hydrogen-bond acceptors (Lipinski definition) is 4. The molecule has 0 radical (unpaired) electrons. The molecule has 0 saturated carbocycles. The van der Waals surface area contributed by atoms with E-state index >= 15 is 0 Å². The van der Waals surface area contributed by atoms with Gasteiger partial charge >= 0.3 is 6.18 Å². The second kappa shape index (κ2) is 8.18. The fourth-order valence-electron chi connectivity index (χ4n) is 4.03. The van der Waals surface area contributed by atoms with E-state index in [1.165, 1.54) is 26.4 Å². The maximum absolute atomic E-state index is 13.6. The van der Waals surface area contributed by atoms with Crippen molar-refractivity contribution in [2.45, 2.75) is 23.7 Å². The van der Waals surface area contributed by atoms with Crippen molar-refractivity contribution in [3.8, 4) is 11.5 Å². The van der Waals surface area contributed by atoms with Gasteiger partial charge in [0, 0.05) is 36.6 Å². The van der Waals surface area contributed by atoms with Crippen molar-refractivity contribution in [3.63, 3.8) is 0 Å². The molecule has 0 spiro atoms. The summed E-state index contributed by atoms with van der Waals surface area (Å²) in [4.78, 5) is -0.773. The zero-order valence-corrected chi connectivity index (χ0v) is 18.2. The predicted molar refractivity (Wildman–Crippen MR) is 111 cm³/mol. The molecule has 1 aliphatic heterocycles. The number of nitrogens with zero attached hydrogens (tertiary/aromatic N) is 2. The van der Waals surface area contributed by atoms with Crippen LogP contribution in [0.1, 0.15) is 22.9 Å². The topological polar surface area (TPSA) is 60.8 Å². The van der Waals surface area contributed by atoms with Crippen molar-refractivity contribution in [1.82, 2.24) is 8.87 Å². The van der Waals surface area contributed by atoms with Gasteiger partial charge in [-0.15, -0.1) is 0 Å². The Morgan fingerprint density at radius 3 is 2.41 bits per heavy atom. The molecule has 1 atom stereocenters. The van der Waals surface area contributed by atoms with Gasteiger partial charge in [-0.2, -0.15) is 17.5 Å². The van der Waals surface area contributed by atoms with E-state index in [1.807, 2.05) is 10.8 Å². The molecule has 1 unspecified atom stereocenters. The first-order chi connectivity index (χ1) is 15.2. The van der Waals surface area contributed by atoms with Gasteiger partial charge in [-0.1, -0.05) is 12.1 Å². The molecular weight excluding hydrogens is 445 g/mol. The summed E-state index contributed by atoms with van der Waals surface area (Å²) in [6.07, 6.45) is -3.00. The van der Waals surface area contributed by atoms with Crippen LogP contribution in [0.2, 0.25) is 0 Å². The number of aromatic nitrogens is 1. The van der Waals surface area contributed by atoms with Gasteiger partial charge in [0.25, 0.3) is 0 Å². The maximum atomic E-state index is 13.6. The molecule has 10 heteroatoms. The minimum absolute atomic E-state index is 0.00391. The summed E-state index contributed by atoms with van der Waals surface area (Å²) in [5, 5.41) is 0. The smallest absolute Gasteiger partial charge is 0.417 e. The first-order valence-corrected chi connectivity index (χ1v) is 11.2. The van der Waals surface area contributed by atoms with E-state index in [4.69, 9.17) is 9.47 Å². The van der Waals surface area contributed by atoms with Crippen molar-refractivity contribution in [1.29, 1.82) is 0 Å². The number of hydrogen-bond donors (Lipinski definition) is 0. The van der Waals surface area contributed by atoms with Crippen LogP contribution in [-0.2, 0) is 22.7 Å². The van der Waals surface area contributed by atoms with Crippen LogP contribution in [0.15, 0.2) is 65.7 Å². The molecular formula is C22H21F3N2O4S. The third kappa shape index (κ3) is 3.73. The molecule has 0 bridgehead atoms. The Labute approximate surface area is 183 Å². The molecule has 4 rings (SSSR count). The van der Waals surface area contributed by atoms with E-state index in [0.29, 0.717) is 29.3 Å². The SMILES string of the molecule is COc1ccc(C2c3cccn3CCN2S(=O)(=O)c2ccccc2C(F)(F)F)c(OC)c1. The molecule has 0 saturated heterocycles. The minimum atomic E-state index is -4.81. The average molecular weight is 466 g/mol. The van der Waals surface area contributed by atoms with Gasteiger partial charge in [0.1, 0.15) is 11.5 Å². The molecule has 2 heterocycles. The number of fused-ring (bicyclic) bond motifs is 1. The van der Waals surface area contributed by atoms with Crippen LogP contribution < -0.4 is 9.47 Å². The van der Waals surface area contributed by atoms with E-state index in [2.05, 4.69) is 0 Å². The maximum Gasteiger partial charge on any atom is 0.417 e. The molecule has 6 nitrogen and oxygen atoms in total. The summed E-state index contributed by atoms with van der Waals surface area (Å²) in [7, 11) is -1.59. The van der Waals surface area contributed by atoms with E-state index in [1.54, 1.807) is 30.3 Å². The van der Waals surface area contributed by atoms with Crippen molar-refractivity contribution < 1.29 is 31.1 Å². The molecule has 170 valence electrons. The summed E-state index contributed by atoms with van der Waals surface area (Å²) < 4.78 is 81.9. The minimum Gasteiger partial charge on any atom is -0.497 e. The number of benzene rings is 2. The molecule has 32 heavy (non-hydrogen) atoms. The molecule has 0 amide bonds. The number of ether oxygens (including phenoxy) is 2. The Hall–Kier alpha value is -2.98. The molecule has 1 aliphatic rings. The zero-order chi connectivity index (χ0) is 23.1. The lowest BCUT2D eigenvalue weighted by Crippen LogP contribution is -2.43. The number of alkyl halides is 3. The fourth-order valence-corrected chi connectivity index (χ4v) is 5.82. The molecule has 3 aromatic rings. The Balaban J connectivity index is 1.92. The highest BCUT2D eigenvalue weighted by molar-refractivity contribution is 7.89.